The minimum atomic E-state index is -3.45. The Bertz CT molecular complexity index is 560. The number of rotatable bonds is 4. The lowest BCUT2D eigenvalue weighted by atomic mass is 9.99. The predicted molar refractivity (Wildman–Crippen MR) is 83.5 cm³/mol. The van der Waals surface area contributed by atoms with E-state index in [2.05, 4.69) is 43.5 Å². The topological polar surface area (TPSA) is 46.2 Å². The first-order valence-electron chi connectivity index (χ1n) is 6.35. The van der Waals surface area contributed by atoms with Gasteiger partial charge in [-0.05, 0) is 52.4 Å². The molecule has 2 rings (SSSR count). The summed E-state index contributed by atoms with van der Waals surface area (Å²) in [4.78, 5) is 0.285. The molecule has 2 atom stereocenters. The molecule has 0 aliphatic heterocycles. The molecule has 0 saturated heterocycles. The summed E-state index contributed by atoms with van der Waals surface area (Å²) >= 11 is 6.59. The van der Waals surface area contributed by atoms with Crippen LogP contribution in [-0.2, 0) is 10.0 Å². The molecule has 0 aromatic heterocycles. The molecule has 106 valence electrons. The SMILES string of the molecule is CC1CCCC1CNS(=O)(=O)c1cc(Br)ccc1Br. The average Bonchev–Trinajstić information content (AvgIpc) is 2.75. The quantitative estimate of drug-likeness (QED) is 0.817. The third-order valence-corrected chi connectivity index (χ3v) is 6.67. The van der Waals surface area contributed by atoms with Crippen LogP contribution in [0, 0.1) is 11.8 Å². The zero-order valence-corrected chi connectivity index (χ0v) is 14.7. The van der Waals surface area contributed by atoms with Gasteiger partial charge in [-0.1, -0.05) is 35.7 Å². The van der Waals surface area contributed by atoms with Crippen LogP contribution in [-0.4, -0.2) is 15.0 Å². The van der Waals surface area contributed by atoms with E-state index in [-0.39, 0.29) is 4.90 Å². The molecule has 1 aliphatic rings. The molecule has 1 fully saturated rings. The first-order valence-corrected chi connectivity index (χ1v) is 9.42. The minimum Gasteiger partial charge on any atom is -0.211 e. The molecule has 6 heteroatoms. The molecule has 2 unspecified atom stereocenters. The molecule has 0 bridgehead atoms. The second-order valence-corrected chi connectivity index (χ2v) is 8.60. The van der Waals surface area contributed by atoms with E-state index < -0.39 is 10.0 Å². The second-order valence-electron chi connectivity index (χ2n) is 5.09. The van der Waals surface area contributed by atoms with Gasteiger partial charge in [-0.2, -0.15) is 0 Å². The first kappa shape index (κ1) is 15.5. The van der Waals surface area contributed by atoms with Gasteiger partial charge in [-0.3, -0.25) is 0 Å². The van der Waals surface area contributed by atoms with E-state index in [0.29, 0.717) is 22.9 Å². The van der Waals surface area contributed by atoms with Gasteiger partial charge in [0, 0.05) is 15.5 Å². The Morgan fingerprint density at radius 1 is 1.32 bits per heavy atom. The fourth-order valence-corrected chi connectivity index (χ4v) is 5.10. The van der Waals surface area contributed by atoms with Crippen LogP contribution < -0.4 is 4.72 Å². The molecule has 1 aromatic rings. The normalized spacial score (nSPS) is 23.7. The van der Waals surface area contributed by atoms with Crippen molar-refractivity contribution in [2.75, 3.05) is 6.54 Å². The Morgan fingerprint density at radius 2 is 2.05 bits per heavy atom. The number of halogens is 2. The minimum absolute atomic E-state index is 0.285. The highest BCUT2D eigenvalue weighted by Crippen LogP contribution is 2.31. The lowest BCUT2D eigenvalue weighted by Crippen LogP contribution is -2.30. The standard InChI is InChI=1S/C13H17Br2NO2S/c1-9-3-2-4-10(9)8-16-19(17,18)13-7-11(14)5-6-12(13)15/h5-7,9-10,16H,2-4,8H2,1H3. The summed E-state index contributed by atoms with van der Waals surface area (Å²) in [6.45, 7) is 2.73. The zero-order valence-electron chi connectivity index (χ0n) is 10.7. The molecule has 1 N–H and O–H groups in total. The predicted octanol–water partition coefficient (Wildman–Crippen LogP) is 3.93. The third-order valence-electron chi connectivity index (χ3n) is 3.76. The number of nitrogens with one attached hydrogen (secondary N) is 1. The number of hydrogen-bond acceptors (Lipinski definition) is 2. The molecule has 1 aromatic carbocycles. The molecule has 0 spiro atoms. The van der Waals surface area contributed by atoms with Crippen molar-refractivity contribution in [1.82, 2.24) is 4.72 Å². The van der Waals surface area contributed by atoms with E-state index in [4.69, 9.17) is 0 Å². The molecule has 1 saturated carbocycles. The number of hydrogen-bond donors (Lipinski definition) is 1. The van der Waals surface area contributed by atoms with Crippen LogP contribution in [0.4, 0.5) is 0 Å². The summed E-state index contributed by atoms with van der Waals surface area (Å²) in [7, 11) is -3.45. The van der Waals surface area contributed by atoms with Crippen LogP contribution in [0.2, 0.25) is 0 Å². The Hall–Kier alpha value is 0.0900. The lowest BCUT2D eigenvalue weighted by Gasteiger charge is -2.16. The summed E-state index contributed by atoms with van der Waals surface area (Å²) in [6.07, 6.45) is 3.52. The van der Waals surface area contributed by atoms with Gasteiger partial charge in [0.15, 0.2) is 0 Å². The molecule has 0 heterocycles. The van der Waals surface area contributed by atoms with Crippen LogP contribution in [0.3, 0.4) is 0 Å². The maximum atomic E-state index is 12.3. The molecule has 3 nitrogen and oxygen atoms in total. The van der Waals surface area contributed by atoms with Crippen LogP contribution in [0.15, 0.2) is 32.0 Å². The van der Waals surface area contributed by atoms with Crippen LogP contribution in [0.5, 0.6) is 0 Å². The van der Waals surface area contributed by atoms with Gasteiger partial charge in [-0.15, -0.1) is 0 Å². The summed E-state index contributed by atoms with van der Waals surface area (Å²) in [6, 6.07) is 5.16. The zero-order chi connectivity index (χ0) is 14.0. The molecular weight excluding hydrogens is 394 g/mol. The van der Waals surface area contributed by atoms with Gasteiger partial charge < -0.3 is 0 Å². The average molecular weight is 411 g/mol. The lowest BCUT2D eigenvalue weighted by molar-refractivity contribution is 0.414. The van der Waals surface area contributed by atoms with Gasteiger partial charge in [0.05, 0.1) is 4.90 Å². The van der Waals surface area contributed by atoms with Crippen molar-refractivity contribution in [2.24, 2.45) is 11.8 Å². The summed E-state index contributed by atoms with van der Waals surface area (Å²) in [5, 5.41) is 0. The fourth-order valence-electron chi connectivity index (χ4n) is 2.50. The number of sulfonamides is 1. The van der Waals surface area contributed by atoms with Crippen LogP contribution in [0.1, 0.15) is 26.2 Å². The summed E-state index contributed by atoms with van der Waals surface area (Å²) < 4.78 is 28.7. The van der Waals surface area contributed by atoms with Gasteiger partial charge in [0.25, 0.3) is 0 Å². The van der Waals surface area contributed by atoms with Crippen molar-refractivity contribution in [1.29, 1.82) is 0 Å². The Balaban J connectivity index is 2.12. The van der Waals surface area contributed by atoms with Crippen molar-refractivity contribution in [2.45, 2.75) is 31.1 Å². The molecule has 19 heavy (non-hydrogen) atoms. The van der Waals surface area contributed by atoms with Crippen molar-refractivity contribution >= 4 is 41.9 Å². The van der Waals surface area contributed by atoms with E-state index in [9.17, 15) is 8.42 Å². The third kappa shape index (κ3) is 3.80. The highest BCUT2D eigenvalue weighted by Gasteiger charge is 2.26. The highest BCUT2D eigenvalue weighted by molar-refractivity contribution is 9.11. The van der Waals surface area contributed by atoms with E-state index in [1.807, 2.05) is 6.07 Å². The highest BCUT2D eigenvalue weighted by atomic mass is 79.9. The van der Waals surface area contributed by atoms with Crippen molar-refractivity contribution in [3.8, 4) is 0 Å². The smallest absolute Gasteiger partial charge is 0.211 e. The first-order chi connectivity index (χ1) is 8.90. The van der Waals surface area contributed by atoms with E-state index in [1.54, 1.807) is 12.1 Å². The summed E-state index contributed by atoms with van der Waals surface area (Å²) in [5.41, 5.74) is 0. The van der Waals surface area contributed by atoms with Crippen molar-refractivity contribution in [3.63, 3.8) is 0 Å². The van der Waals surface area contributed by atoms with Crippen molar-refractivity contribution < 1.29 is 8.42 Å². The van der Waals surface area contributed by atoms with Gasteiger partial charge in [-0.25, -0.2) is 13.1 Å². The monoisotopic (exact) mass is 409 g/mol. The number of benzene rings is 1. The molecule has 0 radical (unpaired) electrons. The summed E-state index contributed by atoms with van der Waals surface area (Å²) in [5.74, 6) is 1.06. The van der Waals surface area contributed by atoms with E-state index in [1.165, 1.54) is 12.8 Å². The van der Waals surface area contributed by atoms with Crippen molar-refractivity contribution in [3.05, 3.63) is 27.1 Å². The van der Waals surface area contributed by atoms with Crippen LogP contribution >= 0.6 is 31.9 Å². The van der Waals surface area contributed by atoms with Gasteiger partial charge >= 0.3 is 0 Å². The second kappa shape index (κ2) is 6.24. The maximum absolute atomic E-state index is 12.3. The largest absolute Gasteiger partial charge is 0.241 e. The molecular formula is C13H17Br2NO2S. The Morgan fingerprint density at radius 3 is 2.68 bits per heavy atom. The van der Waals surface area contributed by atoms with Gasteiger partial charge in [0.2, 0.25) is 10.0 Å². The van der Waals surface area contributed by atoms with Gasteiger partial charge in [0.1, 0.15) is 0 Å². The van der Waals surface area contributed by atoms with E-state index in [0.717, 1.165) is 10.9 Å². The van der Waals surface area contributed by atoms with E-state index >= 15 is 0 Å². The Labute approximate surface area is 131 Å². The van der Waals surface area contributed by atoms with Crippen LogP contribution in [0.25, 0.3) is 0 Å². The molecule has 1 aliphatic carbocycles. The fraction of sp³-hybridized carbons (Fsp3) is 0.538. The maximum Gasteiger partial charge on any atom is 0.241 e. The molecule has 0 amide bonds. The Kier molecular flexibility index (Phi) is 5.09.